The minimum absolute atomic E-state index is 0.0279. The first-order valence-electron chi connectivity index (χ1n) is 6.21. The number of hydrogen-bond acceptors (Lipinski definition) is 6. The van der Waals surface area contributed by atoms with E-state index in [1.165, 1.54) is 49.8 Å². The van der Waals surface area contributed by atoms with Crippen LogP contribution in [0, 0.1) is 6.92 Å². The highest BCUT2D eigenvalue weighted by molar-refractivity contribution is 7.89. The first kappa shape index (κ1) is 16.6. The minimum Gasteiger partial charge on any atom is -0.298 e. The molecule has 0 spiro atoms. The van der Waals surface area contributed by atoms with Crippen LogP contribution in [-0.2, 0) is 14.9 Å². The summed E-state index contributed by atoms with van der Waals surface area (Å²) in [5.74, 6) is -0.425. The van der Waals surface area contributed by atoms with E-state index in [0.29, 0.717) is 5.13 Å². The van der Waals surface area contributed by atoms with E-state index in [-0.39, 0.29) is 10.5 Å². The highest BCUT2D eigenvalue weighted by Gasteiger charge is 2.22. The zero-order valence-electron chi connectivity index (χ0n) is 12.2. The zero-order chi connectivity index (χ0) is 16.3. The Morgan fingerprint density at radius 3 is 2.73 bits per heavy atom. The molecule has 0 radical (unpaired) electrons. The van der Waals surface area contributed by atoms with Crippen molar-refractivity contribution >= 4 is 32.4 Å². The topological polar surface area (TPSA) is 88.6 Å². The number of amides is 1. The molecule has 9 heteroatoms. The highest BCUT2D eigenvalue weighted by atomic mass is 32.2. The Hall–Kier alpha value is -1.81. The molecule has 22 heavy (non-hydrogen) atoms. The summed E-state index contributed by atoms with van der Waals surface area (Å²) in [6.07, 6.45) is 0. The van der Waals surface area contributed by atoms with Crippen molar-refractivity contribution < 1.29 is 18.0 Å². The molecule has 0 saturated heterocycles. The number of aromatic nitrogens is 1. The van der Waals surface area contributed by atoms with Gasteiger partial charge in [0.1, 0.15) is 0 Å². The lowest BCUT2D eigenvalue weighted by molar-refractivity contribution is -0.0258. The Bertz CT molecular complexity index is 786. The van der Waals surface area contributed by atoms with Crippen LogP contribution in [0.5, 0.6) is 0 Å². The molecule has 2 rings (SSSR count). The van der Waals surface area contributed by atoms with Gasteiger partial charge in [-0.2, -0.15) is 0 Å². The number of nitrogens with zero attached hydrogens (tertiary/aromatic N) is 2. The molecule has 0 bridgehead atoms. The third-order valence-corrected chi connectivity index (χ3v) is 5.38. The number of anilines is 1. The molecule has 2 aromatic rings. The normalized spacial score (nSPS) is 11.6. The Morgan fingerprint density at radius 1 is 1.41 bits per heavy atom. The number of thiazole rings is 1. The Kier molecular flexibility index (Phi) is 4.91. The van der Waals surface area contributed by atoms with Crippen LogP contribution >= 0.6 is 11.3 Å². The van der Waals surface area contributed by atoms with Gasteiger partial charge in [-0.3, -0.25) is 14.9 Å². The summed E-state index contributed by atoms with van der Waals surface area (Å²) in [6, 6.07) is 5.72. The lowest BCUT2D eigenvalue weighted by Gasteiger charge is -2.14. The summed E-state index contributed by atoms with van der Waals surface area (Å²) >= 11 is 1.30. The molecule has 0 fully saturated rings. The fourth-order valence-electron chi connectivity index (χ4n) is 1.63. The van der Waals surface area contributed by atoms with E-state index in [1.54, 1.807) is 0 Å². The molecule has 0 aliphatic carbocycles. The maximum absolute atomic E-state index is 12.2. The molecule has 0 unspecified atom stereocenters. The number of hydroxylamine groups is 1. The van der Waals surface area contributed by atoms with E-state index in [2.05, 4.69) is 10.3 Å². The molecule has 1 N–H and O–H groups in total. The molecule has 0 saturated carbocycles. The van der Waals surface area contributed by atoms with Crippen LogP contribution in [0.2, 0.25) is 0 Å². The van der Waals surface area contributed by atoms with Gasteiger partial charge in [-0.25, -0.2) is 13.4 Å². The van der Waals surface area contributed by atoms with Crippen LogP contribution in [-0.4, -0.2) is 37.9 Å². The minimum atomic E-state index is -3.80. The van der Waals surface area contributed by atoms with E-state index in [0.717, 1.165) is 10.2 Å². The van der Waals surface area contributed by atoms with Gasteiger partial charge >= 0.3 is 0 Å². The predicted octanol–water partition coefficient (Wildman–Crippen LogP) is 1.89. The Morgan fingerprint density at radius 2 is 2.14 bits per heavy atom. The van der Waals surface area contributed by atoms with Gasteiger partial charge < -0.3 is 0 Å². The first-order chi connectivity index (χ1) is 10.3. The van der Waals surface area contributed by atoms with Crippen LogP contribution in [0.4, 0.5) is 5.13 Å². The van der Waals surface area contributed by atoms with Crippen LogP contribution in [0.25, 0.3) is 0 Å². The standard InChI is InChI=1S/C13H15N3O4S2/c1-9-8-21-13(14-9)15-12(17)10-5-4-6-11(7-10)22(18,19)16(2)20-3/h4-8H,1-3H3,(H,14,15,17). The van der Waals surface area contributed by atoms with Crippen molar-refractivity contribution in [3.63, 3.8) is 0 Å². The Labute approximate surface area is 132 Å². The maximum Gasteiger partial charge on any atom is 0.264 e. The number of carbonyl (C=O) groups excluding carboxylic acids is 1. The lowest BCUT2D eigenvalue weighted by Crippen LogP contribution is -2.26. The third-order valence-electron chi connectivity index (χ3n) is 2.83. The number of aryl methyl sites for hydroxylation is 1. The van der Waals surface area contributed by atoms with Gasteiger partial charge in [-0.1, -0.05) is 10.5 Å². The molecule has 0 aliphatic rings. The quantitative estimate of drug-likeness (QED) is 0.839. The largest absolute Gasteiger partial charge is 0.298 e. The molecule has 1 amide bonds. The molecule has 118 valence electrons. The Balaban J connectivity index is 2.26. The SMILES string of the molecule is CON(C)S(=O)(=O)c1cccc(C(=O)Nc2nc(C)cs2)c1. The van der Waals surface area contributed by atoms with Crippen LogP contribution < -0.4 is 5.32 Å². The van der Waals surface area contributed by atoms with Crippen molar-refractivity contribution in [1.82, 2.24) is 9.45 Å². The van der Waals surface area contributed by atoms with Crippen LogP contribution in [0.1, 0.15) is 16.1 Å². The monoisotopic (exact) mass is 341 g/mol. The zero-order valence-corrected chi connectivity index (χ0v) is 13.9. The summed E-state index contributed by atoms with van der Waals surface area (Å²) in [6.45, 7) is 1.82. The summed E-state index contributed by atoms with van der Waals surface area (Å²) in [4.78, 5) is 21.0. The summed E-state index contributed by atoms with van der Waals surface area (Å²) in [5, 5.41) is 4.90. The average Bonchev–Trinajstić information content (AvgIpc) is 2.91. The lowest BCUT2D eigenvalue weighted by atomic mass is 10.2. The third kappa shape index (κ3) is 3.50. The summed E-state index contributed by atoms with van der Waals surface area (Å²) < 4.78 is 25.0. The molecular weight excluding hydrogens is 326 g/mol. The van der Waals surface area contributed by atoms with Crippen molar-refractivity contribution in [2.75, 3.05) is 19.5 Å². The van der Waals surface area contributed by atoms with E-state index in [9.17, 15) is 13.2 Å². The van der Waals surface area contributed by atoms with Crippen molar-refractivity contribution in [3.8, 4) is 0 Å². The smallest absolute Gasteiger partial charge is 0.264 e. The second-order valence-electron chi connectivity index (χ2n) is 4.37. The van der Waals surface area contributed by atoms with Gasteiger partial charge in [0.15, 0.2) is 5.13 Å². The van der Waals surface area contributed by atoms with Crippen LogP contribution in [0.15, 0.2) is 34.5 Å². The van der Waals surface area contributed by atoms with Gasteiger partial charge in [0, 0.05) is 18.0 Å². The maximum atomic E-state index is 12.2. The van der Waals surface area contributed by atoms with E-state index < -0.39 is 15.9 Å². The molecule has 1 aromatic heterocycles. The molecule has 0 aliphatic heterocycles. The van der Waals surface area contributed by atoms with Crippen molar-refractivity contribution in [2.45, 2.75) is 11.8 Å². The van der Waals surface area contributed by atoms with Gasteiger partial charge in [0.2, 0.25) is 0 Å². The second kappa shape index (κ2) is 6.53. The summed E-state index contributed by atoms with van der Waals surface area (Å²) in [5.41, 5.74) is 1.02. The average molecular weight is 341 g/mol. The second-order valence-corrected chi connectivity index (χ2v) is 7.17. The number of sulfonamides is 1. The summed E-state index contributed by atoms with van der Waals surface area (Å²) in [7, 11) is -1.27. The molecule has 0 atom stereocenters. The number of carbonyl (C=O) groups is 1. The van der Waals surface area contributed by atoms with Gasteiger partial charge in [0.25, 0.3) is 15.9 Å². The van der Waals surface area contributed by atoms with Gasteiger partial charge in [-0.15, -0.1) is 11.3 Å². The van der Waals surface area contributed by atoms with Crippen molar-refractivity contribution in [3.05, 3.63) is 40.9 Å². The van der Waals surface area contributed by atoms with Gasteiger partial charge in [-0.05, 0) is 25.1 Å². The van der Waals surface area contributed by atoms with Crippen molar-refractivity contribution in [1.29, 1.82) is 0 Å². The number of hydrogen-bond donors (Lipinski definition) is 1. The van der Waals surface area contributed by atoms with E-state index in [1.807, 2.05) is 12.3 Å². The fourth-order valence-corrected chi connectivity index (χ4v) is 3.33. The number of benzene rings is 1. The molecule has 1 aromatic carbocycles. The fraction of sp³-hybridized carbons (Fsp3) is 0.231. The van der Waals surface area contributed by atoms with E-state index >= 15 is 0 Å². The number of rotatable bonds is 5. The molecule has 7 nitrogen and oxygen atoms in total. The molecule has 1 heterocycles. The van der Waals surface area contributed by atoms with Crippen molar-refractivity contribution in [2.24, 2.45) is 0 Å². The molecular formula is C13H15N3O4S2. The van der Waals surface area contributed by atoms with Crippen LogP contribution in [0.3, 0.4) is 0 Å². The first-order valence-corrected chi connectivity index (χ1v) is 8.53. The van der Waals surface area contributed by atoms with Gasteiger partial charge in [0.05, 0.1) is 17.7 Å². The highest BCUT2D eigenvalue weighted by Crippen LogP contribution is 2.19. The van der Waals surface area contributed by atoms with E-state index in [4.69, 9.17) is 4.84 Å². The predicted molar refractivity (Wildman–Crippen MR) is 83.2 cm³/mol. The number of nitrogens with one attached hydrogen (secondary N) is 1.